The van der Waals surface area contributed by atoms with Crippen LogP contribution < -0.4 is 0 Å². The van der Waals surface area contributed by atoms with Gasteiger partial charge in [-0.3, -0.25) is 0 Å². The maximum absolute atomic E-state index is 4.85. The van der Waals surface area contributed by atoms with Crippen LogP contribution in [0.2, 0.25) is 12.6 Å². The molecule has 5 heavy (non-hydrogen) atoms. The van der Waals surface area contributed by atoms with Gasteiger partial charge in [0.05, 0.1) is 0 Å². The van der Waals surface area contributed by atoms with E-state index in [9.17, 15) is 0 Å². The first-order chi connectivity index (χ1) is 2.41. The Bertz CT molecular complexity index is 17.1. The highest BCUT2D eigenvalue weighted by Gasteiger charge is 1.75. The third kappa shape index (κ3) is 4.56. The molecule has 0 aliphatic heterocycles. The van der Waals surface area contributed by atoms with Crippen molar-refractivity contribution in [3.8, 4) is 0 Å². The van der Waals surface area contributed by atoms with E-state index in [1.807, 2.05) is 6.82 Å². The molecule has 0 rings (SSSR count). The summed E-state index contributed by atoms with van der Waals surface area (Å²) in [6.45, 7) is 1.90. The highest BCUT2D eigenvalue weighted by molar-refractivity contribution is 6.40. The summed E-state index contributed by atoms with van der Waals surface area (Å²) >= 11 is -0.142. The number of hydrogen-bond acceptors (Lipinski definition) is 1. The second-order valence-electron chi connectivity index (χ2n) is 0.691. The van der Waals surface area contributed by atoms with Gasteiger partial charge in [-0.25, -0.2) is 0 Å². The average Bonchev–Trinajstić information content (AvgIpc) is 1.41. The van der Waals surface area contributed by atoms with Crippen molar-refractivity contribution < 1.29 is 3.71 Å². The van der Waals surface area contributed by atoms with Gasteiger partial charge in [-0.15, -0.1) is 0 Å². The first kappa shape index (κ1) is 5.56. The SMILES string of the molecule is C[B][O][AlH][CH3]. The Morgan fingerprint density at radius 2 is 2.40 bits per heavy atom. The molecule has 0 unspecified atom stereocenters. The van der Waals surface area contributed by atoms with Crippen LogP contribution in [0.4, 0.5) is 0 Å². The highest BCUT2D eigenvalue weighted by Crippen LogP contribution is 1.58. The maximum Gasteiger partial charge on any atom is 0.416 e. The first-order valence-electron chi connectivity index (χ1n) is 1.81. The summed E-state index contributed by atoms with van der Waals surface area (Å²) in [5.74, 6) is 2.10. The Balaban J connectivity index is 2.19. The predicted octanol–water partition coefficient (Wildman–Crippen LogP) is 0.0699. The van der Waals surface area contributed by atoms with Gasteiger partial charge in [0.2, 0.25) is 0 Å². The molecule has 0 amide bonds. The lowest BCUT2D eigenvalue weighted by Gasteiger charge is -1.83. The van der Waals surface area contributed by atoms with Crippen molar-refractivity contribution in [1.29, 1.82) is 0 Å². The van der Waals surface area contributed by atoms with Gasteiger partial charge in [0.25, 0.3) is 7.48 Å². The topological polar surface area (TPSA) is 9.23 Å². The predicted molar refractivity (Wildman–Crippen MR) is 25.7 cm³/mol. The number of hydrogen-bond donors (Lipinski definition) is 0. The van der Waals surface area contributed by atoms with Crippen LogP contribution in [0.15, 0.2) is 0 Å². The van der Waals surface area contributed by atoms with Crippen molar-refractivity contribution >= 4 is 23.0 Å². The zero-order valence-corrected chi connectivity index (χ0v) is 5.11. The zero-order valence-electron chi connectivity index (χ0n) is 3.69. The maximum atomic E-state index is 4.85. The fourth-order valence-electron chi connectivity index (χ4n) is 0.167. The summed E-state index contributed by atoms with van der Waals surface area (Å²) in [4.78, 5) is 0. The minimum absolute atomic E-state index is 0.142. The molecule has 0 aromatic rings. The summed E-state index contributed by atoms with van der Waals surface area (Å²) in [6, 6.07) is 0. The van der Waals surface area contributed by atoms with Gasteiger partial charge in [0.1, 0.15) is 0 Å². The Kier molecular flexibility index (Phi) is 5.07. The van der Waals surface area contributed by atoms with Crippen molar-refractivity contribution in [3.63, 3.8) is 0 Å². The second kappa shape index (κ2) is 4.56. The van der Waals surface area contributed by atoms with E-state index in [-0.39, 0.29) is 15.6 Å². The summed E-state index contributed by atoms with van der Waals surface area (Å²) in [7, 11) is 1.74. The van der Waals surface area contributed by atoms with Gasteiger partial charge in [-0.2, -0.15) is 0 Å². The van der Waals surface area contributed by atoms with Crippen LogP contribution in [-0.4, -0.2) is 23.0 Å². The van der Waals surface area contributed by atoms with Crippen LogP contribution in [-0.2, 0) is 3.71 Å². The van der Waals surface area contributed by atoms with Crippen molar-refractivity contribution in [3.05, 3.63) is 0 Å². The molecule has 27 valence electrons. The molecule has 0 atom stereocenters. The standard InChI is InChI=1S/CH3BO.CH3.Al.H/c1-2-3;;;/h1H3;1H3;;/q-1;;+1;. The summed E-state index contributed by atoms with van der Waals surface area (Å²) < 4.78 is 4.85. The van der Waals surface area contributed by atoms with Gasteiger partial charge in [0, 0.05) is 0 Å². The molecule has 0 saturated carbocycles. The van der Waals surface area contributed by atoms with Crippen LogP contribution in [0, 0.1) is 0 Å². The van der Waals surface area contributed by atoms with Crippen LogP contribution >= 0.6 is 0 Å². The fourth-order valence-corrected chi connectivity index (χ4v) is 0.500. The Labute approximate surface area is 40.0 Å². The molecule has 0 aliphatic rings. The van der Waals surface area contributed by atoms with E-state index in [0.29, 0.717) is 0 Å². The Hall–Kier alpha value is 0.557. The quantitative estimate of drug-likeness (QED) is 0.431. The minimum atomic E-state index is -0.142. The van der Waals surface area contributed by atoms with Crippen molar-refractivity contribution in [2.24, 2.45) is 0 Å². The molecule has 0 aromatic carbocycles. The largest absolute Gasteiger partial charge is 0.574 e. The smallest absolute Gasteiger partial charge is 0.416 e. The summed E-state index contributed by atoms with van der Waals surface area (Å²) in [5, 5.41) is 0. The van der Waals surface area contributed by atoms with E-state index < -0.39 is 0 Å². The third-order valence-electron chi connectivity index (χ3n) is 0.333. The van der Waals surface area contributed by atoms with Crippen molar-refractivity contribution in [2.75, 3.05) is 0 Å². The molecule has 0 aliphatic carbocycles. The molecule has 0 bridgehead atoms. The number of rotatable bonds is 2. The molecular weight excluding hydrogens is 77.8 g/mol. The highest BCUT2D eigenvalue weighted by atomic mass is 27.1. The van der Waals surface area contributed by atoms with Crippen LogP contribution in [0.1, 0.15) is 0 Å². The van der Waals surface area contributed by atoms with E-state index in [2.05, 4.69) is 5.79 Å². The van der Waals surface area contributed by atoms with Gasteiger partial charge >= 0.3 is 15.6 Å². The average molecular weight is 84.9 g/mol. The molecule has 1 nitrogen and oxygen atoms in total. The van der Waals surface area contributed by atoms with E-state index in [0.717, 1.165) is 0 Å². The lowest BCUT2D eigenvalue weighted by molar-refractivity contribution is 0.652. The van der Waals surface area contributed by atoms with Gasteiger partial charge in [-0.1, -0.05) is 12.6 Å². The van der Waals surface area contributed by atoms with Gasteiger partial charge in [0.15, 0.2) is 0 Å². The molecule has 0 aromatic heterocycles. The lowest BCUT2D eigenvalue weighted by atomic mass is 10.1. The molecule has 3 heteroatoms. The molecule has 1 radical (unpaired) electrons. The summed E-state index contributed by atoms with van der Waals surface area (Å²) in [6.07, 6.45) is 0. The lowest BCUT2D eigenvalue weighted by Crippen LogP contribution is -1.92. The van der Waals surface area contributed by atoms with Crippen LogP contribution in [0.25, 0.3) is 0 Å². The Morgan fingerprint density at radius 1 is 1.80 bits per heavy atom. The zero-order chi connectivity index (χ0) is 4.12. The normalized spacial score (nSPS) is 6.80. The Morgan fingerprint density at radius 3 is 2.40 bits per heavy atom. The molecule has 0 spiro atoms. The fraction of sp³-hybridized carbons (Fsp3) is 1.00. The molecule has 0 fully saturated rings. The van der Waals surface area contributed by atoms with E-state index in [1.54, 1.807) is 7.48 Å². The molecule has 0 heterocycles. The van der Waals surface area contributed by atoms with Crippen LogP contribution in [0.5, 0.6) is 0 Å². The van der Waals surface area contributed by atoms with E-state index in [4.69, 9.17) is 3.71 Å². The summed E-state index contributed by atoms with van der Waals surface area (Å²) in [5.41, 5.74) is 0. The monoisotopic (exact) mass is 85.0 g/mol. The third-order valence-corrected chi connectivity index (χ3v) is 1.00. The van der Waals surface area contributed by atoms with Gasteiger partial charge < -0.3 is 3.71 Å². The molecule has 0 saturated heterocycles. The van der Waals surface area contributed by atoms with E-state index in [1.165, 1.54) is 0 Å². The molecule has 0 N–H and O–H groups in total. The van der Waals surface area contributed by atoms with Gasteiger partial charge in [-0.05, 0) is 0 Å². The van der Waals surface area contributed by atoms with Crippen LogP contribution in [0.3, 0.4) is 0 Å². The van der Waals surface area contributed by atoms with Crippen molar-refractivity contribution in [2.45, 2.75) is 12.6 Å². The van der Waals surface area contributed by atoms with Crippen molar-refractivity contribution in [1.82, 2.24) is 0 Å². The molecular formula is C2H7AlBO. The first-order valence-corrected chi connectivity index (χ1v) is 3.80. The van der Waals surface area contributed by atoms with E-state index >= 15 is 0 Å². The second-order valence-corrected chi connectivity index (χ2v) is 1.60. The minimum Gasteiger partial charge on any atom is -0.574 e.